The van der Waals surface area contributed by atoms with Gasteiger partial charge in [-0.25, -0.2) is 0 Å². The third-order valence-electron chi connectivity index (χ3n) is 4.35. The topological polar surface area (TPSA) is 28.2 Å². The van der Waals surface area contributed by atoms with Crippen LogP contribution >= 0.6 is 0 Å². The molecule has 3 nitrogen and oxygen atoms in total. The van der Waals surface area contributed by atoms with E-state index < -0.39 is 0 Å². The van der Waals surface area contributed by atoms with Gasteiger partial charge in [-0.2, -0.15) is 0 Å². The number of hydrogen-bond acceptors (Lipinski definition) is 3. The maximum Gasteiger partial charge on any atom is 0.0936 e. The van der Waals surface area contributed by atoms with Crippen molar-refractivity contribution in [2.75, 3.05) is 25.0 Å². The second-order valence-corrected chi connectivity index (χ2v) is 6.09. The van der Waals surface area contributed by atoms with Gasteiger partial charge in [-0.15, -0.1) is 0 Å². The number of hydrogen-bond donors (Lipinski definition) is 1. The van der Waals surface area contributed by atoms with E-state index in [0.29, 0.717) is 6.04 Å². The van der Waals surface area contributed by atoms with Crippen LogP contribution in [0.1, 0.15) is 31.9 Å². The molecule has 1 N–H and O–H groups in total. The molecular weight excluding hydrogens is 258 g/mol. The van der Waals surface area contributed by atoms with Crippen molar-refractivity contribution in [3.63, 3.8) is 0 Å². The van der Waals surface area contributed by atoms with E-state index in [1.807, 2.05) is 0 Å². The van der Waals surface area contributed by atoms with Crippen molar-refractivity contribution < 1.29 is 0 Å². The molecule has 3 heteroatoms. The Bertz CT molecular complexity index is 600. The second kappa shape index (κ2) is 6.44. The number of likely N-dealkylation sites (tertiary alicyclic amines) is 1. The predicted octanol–water partition coefficient (Wildman–Crippen LogP) is 3.83. The molecule has 21 heavy (non-hydrogen) atoms. The Balaban J connectivity index is 1.72. The van der Waals surface area contributed by atoms with E-state index in [-0.39, 0.29) is 0 Å². The fraction of sp³-hybridized carbons (Fsp3) is 0.500. The van der Waals surface area contributed by atoms with Crippen molar-refractivity contribution in [3.8, 4) is 0 Å². The van der Waals surface area contributed by atoms with Crippen LogP contribution in [0.2, 0.25) is 0 Å². The first-order valence-electron chi connectivity index (χ1n) is 8.11. The lowest BCUT2D eigenvalue weighted by Gasteiger charge is -2.32. The summed E-state index contributed by atoms with van der Waals surface area (Å²) in [6, 6.07) is 11.2. The van der Waals surface area contributed by atoms with Crippen LogP contribution in [-0.2, 0) is 0 Å². The standard InChI is InChI=1S/C18H25N3/c1-3-11-21-12-9-16(10-13-21)20-17-6-4-5-15-8-7-14(2)19-18(15)17/h4-8,16,20H,3,9-13H2,1-2H3. The molecule has 3 rings (SSSR count). The molecule has 0 atom stereocenters. The number of aromatic nitrogens is 1. The van der Waals surface area contributed by atoms with Gasteiger partial charge >= 0.3 is 0 Å². The van der Waals surface area contributed by atoms with Crippen LogP contribution in [-0.4, -0.2) is 35.6 Å². The van der Waals surface area contributed by atoms with Gasteiger partial charge in [0.2, 0.25) is 0 Å². The van der Waals surface area contributed by atoms with Crippen LogP contribution in [0.4, 0.5) is 5.69 Å². The second-order valence-electron chi connectivity index (χ2n) is 6.09. The third-order valence-corrected chi connectivity index (χ3v) is 4.35. The zero-order valence-electron chi connectivity index (χ0n) is 13.1. The lowest BCUT2D eigenvalue weighted by molar-refractivity contribution is 0.219. The van der Waals surface area contributed by atoms with Crippen LogP contribution in [0, 0.1) is 6.92 Å². The van der Waals surface area contributed by atoms with Crippen LogP contribution in [0.15, 0.2) is 30.3 Å². The molecule has 1 aliphatic heterocycles. The van der Waals surface area contributed by atoms with Gasteiger partial charge in [-0.05, 0) is 44.9 Å². The molecule has 1 fully saturated rings. The average molecular weight is 283 g/mol. The van der Waals surface area contributed by atoms with Gasteiger partial charge in [-0.3, -0.25) is 4.98 Å². The number of para-hydroxylation sites is 1. The van der Waals surface area contributed by atoms with E-state index in [9.17, 15) is 0 Å². The number of pyridine rings is 1. The first-order chi connectivity index (χ1) is 10.3. The highest BCUT2D eigenvalue weighted by molar-refractivity contribution is 5.90. The van der Waals surface area contributed by atoms with Gasteiger partial charge in [0.15, 0.2) is 0 Å². The van der Waals surface area contributed by atoms with Gasteiger partial charge < -0.3 is 10.2 Å². The van der Waals surface area contributed by atoms with Crippen molar-refractivity contribution in [2.45, 2.75) is 39.2 Å². The van der Waals surface area contributed by atoms with Crippen LogP contribution in [0.3, 0.4) is 0 Å². The SMILES string of the molecule is CCCN1CCC(Nc2cccc3ccc(C)nc23)CC1. The highest BCUT2D eigenvalue weighted by Gasteiger charge is 2.19. The number of nitrogens with zero attached hydrogens (tertiary/aromatic N) is 2. The Morgan fingerprint density at radius 1 is 1.19 bits per heavy atom. The van der Waals surface area contributed by atoms with E-state index >= 15 is 0 Å². The van der Waals surface area contributed by atoms with Crippen molar-refractivity contribution in [2.24, 2.45) is 0 Å². The zero-order chi connectivity index (χ0) is 14.7. The largest absolute Gasteiger partial charge is 0.380 e. The average Bonchev–Trinajstić information content (AvgIpc) is 2.50. The minimum Gasteiger partial charge on any atom is -0.380 e. The van der Waals surface area contributed by atoms with Crippen molar-refractivity contribution in [3.05, 3.63) is 36.0 Å². The molecule has 0 spiro atoms. The van der Waals surface area contributed by atoms with E-state index in [1.54, 1.807) is 0 Å². The summed E-state index contributed by atoms with van der Waals surface area (Å²) < 4.78 is 0. The molecule has 1 aromatic heterocycles. The predicted molar refractivity (Wildman–Crippen MR) is 89.9 cm³/mol. The smallest absolute Gasteiger partial charge is 0.0936 e. The maximum absolute atomic E-state index is 4.71. The molecule has 0 radical (unpaired) electrons. The molecular formula is C18H25N3. The first-order valence-corrected chi connectivity index (χ1v) is 8.11. The number of nitrogens with one attached hydrogen (secondary N) is 1. The van der Waals surface area contributed by atoms with E-state index in [2.05, 4.69) is 54.4 Å². The molecule has 2 heterocycles. The highest BCUT2D eigenvalue weighted by Crippen LogP contribution is 2.24. The monoisotopic (exact) mass is 283 g/mol. The fourth-order valence-corrected chi connectivity index (χ4v) is 3.20. The first kappa shape index (κ1) is 14.3. The quantitative estimate of drug-likeness (QED) is 0.924. The Morgan fingerprint density at radius 3 is 2.76 bits per heavy atom. The number of rotatable bonds is 4. The molecule has 1 aromatic carbocycles. The molecule has 0 aliphatic carbocycles. The molecule has 0 saturated carbocycles. The van der Waals surface area contributed by atoms with E-state index in [1.165, 1.54) is 50.0 Å². The molecule has 1 aliphatic rings. The Morgan fingerprint density at radius 2 is 2.00 bits per heavy atom. The summed E-state index contributed by atoms with van der Waals surface area (Å²) >= 11 is 0. The summed E-state index contributed by atoms with van der Waals surface area (Å²) in [5.74, 6) is 0. The number of anilines is 1. The highest BCUT2D eigenvalue weighted by atomic mass is 15.1. The van der Waals surface area contributed by atoms with Gasteiger partial charge in [-0.1, -0.05) is 25.1 Å². The normalized spacial score (nSPS) is 17.2. The Hall–Kier alpha value is -1.61. The summed E-state index contributed by atoms with van der Waals surface area (Å²) in [5.41, 5.74) is 3.37. The molecule has 0 unspecified atom stereocenters. The van der Waals surface area contributed by atoms with Crippen LogP contribution in [0.25, 0.3) is 10.9 Å². The molecule has 1 saturated heterocycles. The molecule has 2 aromatic rings. The molecule has 0 amide bonds. The maximum atomic E-state index is 4.71. The Labute approximate surface area is 127 Å². The van der Waals surface area contributed by atoms with Gasteiger partial charge in [0, 0.05) is 30.2 Å². The van der Waals surface area contributed by atoms with Crippen LogP contribution < -0.4 is 5.32 Å². The van der Waals surface area contributed by atoms with Crippen molar-refractivity contribution in [1.29, 1.82) is 0 Å². The van der Waals surface area contributed by atoms with Crippen LogP contribution in [0.5, 0.6) is 0 Å². The fourth-order valence-electron chi connectivity index (χ4n) is 3.20. The lowest BCUT2D eigenvalue weighted by Crippen LogP contribution is -2.39. The summed E-state index contributed by atoms with van der Waals surface area (Å²) in [5, 5.41) is 4.94. The number of aryl methyl sites for hydroxylation is 1. The van der Waals surface area contributed by atoms with E-state index in [0.717, 1.165) is 11.2 Å². The van der Waals surface area contributed by atoms with Gasteiger partial charge in [0.1, 0.15) is 0 Å². The molecule has 112 valence electrons. The van der Waals surface area contributed by atoms with E-state index in [4.69, 9.17) is 4.98 Å². The van der Waals surface area contributed by atoms with Gasteiger partial charge in [0.25, 0.3) is 0 Å². The minimum atomic E-state index is 0.575. The minimum absolute atomic E-state index is 0.575. The number of fused-ring (bicyclic) bond motifs is 1. The summed E-state index contributed by atoms with van der Waals surface area (Å²) in [6.07, 6.45) is 3.70. The zero-order valence-corrected chi connectivity index (χ0v) is 13.1. The summed E-state index contributed by atoms with van der Waals surface area (Å²) in [4.78, 5) is 7.29. The van der Waals surface area contributed by atoms with Crippen molar-refractivity contribution in [1.82, 2.24) is 9.88 Å². The summed E-state index contributed by atoms with van der Waals surface area (Å²) in [6.45, 7) is 7.97. The molecule has 0 bridgehead atoms. The van der Waals surface area contributed by atoms with Crippen molar-refractivity contribution >= 4 is 16.6 Å². The Kier molecular flexibility index (Phi) is 4.39. The number of benzene rings is 1. The number of piperidine rings is 1. The lowest BCUT2D eigenvalue weighted by atomic mass is 10.0. The third kappa shape index (κ3) is 3.35. The summed E-state index contributed by atoms with van der Waals surface area (Å²) in [7, 11) is 0. The van der Waals surface area contributed by atoms with Gasteiger partial charge in [0.05, 0.1) is 11.2 Å².